The fraction of sp³-hybridized carbons (Fsp3) is 0.462. The molecule has 0 aliphatic carbocycles. The van der Waals surface area contributed by atoms with Crippen LogP contribution < -0.4 is 0 Å². The molecule has 0 saturated carbocycles. The zero-order chi connectivity index (χ0) is 14.8. The molecule has 0 N–H and O–H groups in total. The zero-order valence-electron chi connectivity index (χ0n) is 10.7. The van der Waals surface area contributed by atoms with Gasteiger partial charge in [-0.25, -0.2) is 0 Å². The fourth-order valence-corrected chi connectivity index (χ4v) is 2.26. The Morgan fingerprint density at radius 2 is 1.65 bits per heavy atom. The summed E-state index contributed by atoms with van der Waals surface area (Å²) in [6.07, 6.45) is -4.19. The van der Waals surface area contributed by atoms with Crippen molar-refractivity contribution in [2.75, 3.05) is 32.7 Å². The van der Waals surface area contributed by atoms with E-state index in [1.165, 1.54) is 4.90 Å². The molecule has 1 saturated heterocycles. The molecule has 2 rings (SSSR count). The molecule has 1 aromatic carbocycles. The second-order valence-electron chi connectivity index (χ2n) is 4.69. The van der Waals surface area contributed by atoms with Gasteiger partial charge in [-0.15, -0.1) is 0 Å². The van der Waals surface area contributed by atoms with Crippen molar-refractivity contribution in [3.8, 4) is 0 Å². The van der Waals surface area contributed by atoms with Gasteiger partial charge >= 0.3 is 6.18 Å². The van der Waals surface area contributed by atoms with Gasteiger partial charge in [0.05, 0.1) is 6.54 Å². The lowest BCUT2D eigenvalue weighted by Crippen LogP contribution is -2.50. The smallest absolute Gasteiger partial charge is 0.336 e. The summed E-state index contributed by atoms with van der Waals surface area (Å²) in [6.45, 7) is 0.155. The number of amides is 1. The lowest BCUT2D eigenvalue weighted by atomic mass is 10.2. The van der Waals surface area contributed by atoms with E-state index in [0.717, 1.165) is 0 Å². The standard InChI is InChI=1S/C13H14ClF3N2O/c14-11-3-1-10(2-4-11)12(20)19-7-5-18(6-8-19)9-13(15,16)17/h1-4H,5-9H2. The van der Waals surface area contributed by atoms with Crippen molar-refractivity contribution in [3.63, 3.8) is 0 Å². The molecule has 20 heavy (non-hydrogen) atoms. The van der Waals surface area contributed by atoms with Crippen LogP contribution in [0.2, 0.25) is 5.02 Å². The molecule has 3 nitrogen and oxygen atoms in total. The summed E-state index contributed by atoms with van der Waals surface area (Å²) < 4.78 is 36.8. The van der Waals surface area contributed by atoms with Gasteiger partial charge in [-0.05, 0) is 24.3 Å². The van der Waals surface area contributed by atoms with E-state index in [-0.39, 0.29) is 19.0 Å². The summed E-state index contributed by atoms with van der Waals surface area (Å²) in [5.41, 5.74) is 0.499. The third-order valence-corrected chi connectivity index (χ3v) is 3.41. The van der Waals surface area contributed by atoms with Crippen LogP contribution in [0.25, 0.3) is 0 Å². The second kappa shape index (κ2) is 6.01. The summed E-state index contributed by atoms with van der Waals surface area (Å²) >= 11 is 5.74. The highest BCUT2D eigenvalue weighted by atomic mass is 35.5. The van der Waals surface area contributed by atoms with Crippen LogP contribution in [-0.2, 0) is 0 Å². The molecule has 1 aliphatic rings. The highest BCUT2D eigenvalue weighted by Crippen LogP contribution is 2.18. The molecule has 0 aromatic heterocycles. The highest BCUT2D eigenvalue weighted by Gasteiger charge is 2.32. The first-order valence-electron chi connectivity index (χ1n) is 6.19. The number of rotatable bonds is 2. The minimum atomic E-state index is -4.19. The van der Waals surface area contributed by atoms with Crippen molar-refractivity contribution in [1.29, 1.82) is 0 Å². The summed E-state index contributed by atoms with van der Waals surface area (Å²) in [4.78, 5) is 15.0. The molecule has 110 valence electrons. The summed E-state index contributed by atoms with van der Waals surface area (Å²) in [5.74, 6) is -0.173. The Labute approximate surface area is 119 Å². The Kier molecular flexibility index (Phi) is 4.55. The third kappa shape index (κ3) is 4.11. The first kappa shape index (κ1) is 15.1. The molecule has 0 atom stereocenters. The van der Waals surface area contributed by atoms with Gasteiger partial charge in [0, 0.05) is 36.8 Å². The first-order chi connectivity index (χ1) is 9.35. The molecule has 1 fully saturated rings. The van der Waals surface area contributed by atoms with Crippen LogP contribution in [0.4, 0.5) is 13.2 Å². The van der Waals surface area contributed by atoms with Crippen molar-refractivity contribution in [3.05, 3.63) is 34.9 Å². The van der Waals surface area contributed by atoms with Crippen LogP contribution in [0, 0.1) is 0 Å². The van der Waals surface area contributed by atoms with E-state index >= 15 is 0 Å². The zero-order valence-corrected chi connectivity index (χ0v) is 11.4. The molecule has 0 spiro atoms. The van der Waals surface area contributed by atoms with Crippen LogP contribution in [0.1, 0.15) is 10.4 Å². The Hall–Kier alpha value is -1.27. The van der Waals surface area contributed by atoms with Crippen molar-refractivity contribution in [2.24, 2.45) is 0 Å². The number of alkyl halides is 3. The Bertz CT molecular complexity index is 467. The molecule has 1 heterocycles. The fourth-order valence-electron chi connectivity index (χ4n) is 2.14. The highest BCUT2D eigenvalue weighted by molar-refractivity contribution is 6.30. The number of carbonyl (C=O) groups is 1. The molecule has 0 bridgehead atoms. The Morgan fingerprint density at radius 1 is 1.10 bits per heavy atom. The summed E-state index contributed by atoms with van der Waals surface area (Å²) in [6, 6.07) is 6.48. The van der Waals surface area contributed by atoms with Gasteiger partial charge in [-0.3, -0.25) is 9.69 Å². The number of hydrogen-bond acceptors (Lipinski definition) is 2. The first-order valence-corrected chi connectivity index (χ1v) is 6.57. The molecule has 0 unspecified atom stereocenters. The number of carbonyl (C=O) groups excluding carboxylic acids is 1. The second-order valence-corrected chi connectivity index (χ2v) is 5.13. The number of hydrogen-bond donors (Lipinski definition) is 0. The van der Waals surface area contributed by atoms with Gasteiger partial charge in [0.25, 0.3) is 5.91 Å². The third-order valence-electron chi connectivity index (χ3n) is 3.15. The summed E-state index contributed by atoms with van der Waals surface area (Å²) in [5, 5.41) is 0.538. The maximum atomic E-state index is 12.3. The van der Waals surface area contributed by atoms with Gasteiger partial charge in [-0.1, -0.05) is 11.6 Å². The predicted octanol–water partition coefficient (Wildman–Crippen LogP) is 2.66. The van der Waals surface area contributed by atoms with Gasteiger partial charge < -0.3 is 4.90 Å². The lowest BCUT2D eigenvalue weighted by Gasteiger charge is -2.35. The minimum absolute atomic E-state index is 0.173. The molecular weight excluding hydrogens is 293 g/mol. The topological polar surface area (TPSA) is 23.6 Å². The van der Waals surface area contributed by atoms with Gasteiger partial charge in [0.1, 0.15) is 0 Å². The molecular formula is C13H14ClF3N2O. The van der Waals surface area contributed by atoms with E-state index in [0.29, 0.717) is 23.7 Å². The number of nitrogens with zero attached hydrogens (tertiary/aromatic N) is 2. The maximum Gasteiger partial charge on any atom is 0.401 e. The average molecular weight is 307 g/mol. The van der Waals surface area contributed by atoms with Crippen LogP contribution in [0.5, 0.6) is 0 Å². The van der Waals surface area contributed by atoms with E-state index in [1.807, 2.05) is 0 Å². The van der Waals surface area contributed by atoms with Crippen molar-refractivity contribution in [1.82, 2.24) is 9.80 Å². The van der Waals surface area contributed by atoms with Crippen molar-refractivity contribution in [2.45, 2.75) is 6.18 Å². The quantitative estimate of drug-likeness (QED) is 0.838. The monoisotopic (exact) mass is 306 g/mol. The van der Waals surface area contributed by atoms with E-state index < -0.39 is 12.7 Å². The normalized spacial score (nSPS) is 17.3. The molecule has 1 aromatic rings. The number of halogens is 4. The Balaban J connectivity index is 1.90. The van der Waals surface area contributed by atoms with E-state index in [1.54, 1.807) is 29.2 Å². The van der Waals surface area contributed by atoms with Gasteiger partial charge in [-0.2, -0.15) is 13.2 Å². The largest absolute Gasteiger partial charge is 0.401 e. The van der Waals surface area contributed by atoms with Crippen molar-refractivity contribution >= 4 is 17.5 Å². The van der Waals surface area contributed by atoms with Crippen molar-refractivity contribution < 1.29 is 18.0 Å². The van der Waals surface area contributed by atoms with Crippen LogP contribution >= 0.6 is 11.6 Å². The minimum Gasteiger partial charge on any atom is -0.336 e. The molecule has 1 aliphatic heterocycles. The average Bonchev–Trinajstić information content (AvgIpc) is 2.38. The number of benzene rings is 1. The van der Waals surface area contributed by atoms with E-state index in [2.05, 4.69) is 0 Å². The molecule has 7 heteroatoms. The predicted molar refractivity (Wildman–Crippen MR) is 69.9 cm³/mol. The van der Waals surface area contributed by atoms with Crippen LogP contribution in [0.15, 0.2) is 24.3 Å². The van der Waals surface area contributed by atoms with E-state index in [9.17, 15) is 18.0 Å². The Morgan fingerprint density at radius 3 is 2.15 bits per heavy atom. The van der Waals surface area contributed by atoms with Gasteiger partial charge in [0.2, 0.25) is 0 Å². The molecule has 1 amide bonds. The van der Waals surface area contributed by atoms with Gasteiger partial charge in [0.15, 0.2) is 0 Å². The van der Waals surface area contributed by atoms with Crippen LogP contribution in [-0.4, -0.2) is 54.6 Å². The lowest BCUT2D eigenvalue weighted by molar-refractivity contribution is -0.148. The summed E-state index contributed by atoms with van der Waals surface area (Å²) in [7, 11) is 0. The van der Waals surface area contributed by atoms with Crippen LogP contribution in [0.3, 0.4) is 0 Å². The maximum absolute atomic E-state index is 12.3. The van der Waals surface area contributed by atoms with E-state index in [4.69, 9.17) is 11.6 Å². The SMILES string of the molecule is O=C(c1ccc(Cl)cc1)N1CCN(CC(F)(F)F)CC1. The number of piperazine rings is 1. The molecule has 0 radical (unpaired) electrons.